The van der Waals surface area contributed by atoms with Gasteiger partial charge in [-0.3, -0.25) is 9.78 Å². The van der Waals surface area contributed by atoms with Crippen molar-refractivity contribution in [2.24, 2.45) is 5.92 Å². The van der Waals surface area contributed by atoms with Gasteiger partial charge >= 0.3 is 0 Å². The molecule has 0 spiro atoms. The molecule has 4 heteroatoms. The van der Waals surface area contributed by atoms with E-state index in [1.54, 1.807) is 6.20 Å². The van der Waals surface area contributed by atoms with E-state index in [1.165, 1.54) is 0 Å². The normalized spacial score (nSPS) is 21.1. The number of nitrogens with zero attached hydrogens (tertiary/aromatic N) is 1. The largest absolute Gasteiger partial charge is 0.356 e. The van der Waals surface area contributed by atoms with Crippen LogP contribution in [-0.2, 0) is 11.2 Å². The summed E-state index contributed by atoms with van der Waals surface area (Å²) < 4.78 is 0.969. The van der Waals surface area contributed by atoms with Gasteiger partial charge in [0.05, 0.1) is 0 Å². The predicted octanol–water partition coefficient (Wildman–Crippen LogP) is 1.91. The maximum absolute atomic E-state index is 11.5. The second-order valence-electron chi connectivity index (χ2n) is 3.85. The molecule has 1 aliphatic heterocycles. The fraction of sp³-hybridized carbons (Fsp3) is 0.455. The smallest absolute Gasteiger partial charge is 0.223 e. The first kappa shape index (κ1) is 10.6. The van der Waals surface area contributed by atoms with Gasteiger partial charge < -0.3 is 5.32 Å². The number of pyridine rings is 1. The molecule has 80 valence electrons. The zero-order valence-corrected chi connectivity index (χ0v) is 9.96. The van der Waals surface area contributed by atoms with Crippen molar-refractivity contribution in [1.29, 1.82) is 0 Å². The zero-order chi connectivity index (χ0) is 10.7. The topological polar surface area (TPSA) is 42.0 Å². The first-order chi connectivity index (χ1) is 7.25. The highest BCUT2D eigenvalue weighted by molar-refractivity contribution is 9.10. The molecule has 15 heavy (non-hydrogen) atoms. The Labute approximate surface area is 97.4 Å². The molecule has 1 aromatic rings. The van der Waals surface area contributed by atoms with Crippen LogP contribution in [0.3, 0.4) is 0 Å². The second kappa shape index (κ2) is 4.75. The summed E-state index contributed by atoms with van der Waals surface area (Å²) in [4.78, 5) is 15.6. The van der Waals surface area contributed by atoms with Crippen molar-refractivity contribution < 1.29 is 4.79 Å². The van der Waals surface area contributed by atoms with Crippen molar-refractivity contribution >= 4 is 21.8 Å². The molecule has 0 aromatic carbocycles. The molecular weight excluding hydrogens is 256 g/mol. The van der Waals surface area contributed by atoms with Crippen LogP contribution in [0, 0.1) is 5.92 Å². The van der Waals surface area contributed by atoms with Crippen LogP contribution in [0.2, 0.25) is 0 Å². The Bertz CT molecular complexity index is 367. The molecule has 1 atom stereocenters. The quantitative estimate of drug-likeness (QED) is 0.891. The highest BCUT2D eigenvalue weighted by Crippen LogP contribution is 2.18. The van der Waals surface area contributed by atoms with E-state index >= 15 is 0 Å². The Kier molecular flexibility index (Phi) is 3.36. The summed E-state index contributed by atoms with van der Waals surface area (Å²) >= 11 is 3.38. The number of carbonyl (C=O) groups excluding carboxylic acids is 1. The van der Waals surface area contributed by atoms with E-state index in [9.17, 15) is 4.79 Å². The van der Waals surface area contributed by atoms with E-state index in [1.807, 2.05) is 12.3 Å². The minimum Gasteiger partial charge on any atom is -0.356 e. The van der Waals surface area contributed by atoms with Gasteiger partial charge in [0.25, 0.3) is 0 Å². The number of rotatable bonds is 2. The number of carbonyl (C=O) groups is 1. The summed E-state index contributed by atoms with van der Waals surface area (Å²) in [5, 5.41) is 2.90. The summed E-state index contributed by atoms with van der Waals surface area (Å²) in [7, 11) is 0. The average Bonchev–Trinajstić information content (AvgIpc) is 2.22. The van der Waals surface area contributed by atoms with Gasteiger partial charge in [0.2, 0.25) is 5.91 Å². The lowest BCUT2D eigenvalue weighted by Gasteiger charge is -2.21. The Morgan fingerprint density at radius 3 is 3.13 bits per heavy atom. The highest BCUT2D eigenvalue weighted by atomic mass is 79.9. The van der Waals surface area contributed by atoms with Gasteiger partial charge in [-0.1, -0.05) is 0 Å². The Hall–Kier alpha value is -0.900. The molecule has 1 fully saturated rings. The van der Waals surface area contributed by atoms with Gasteiger partial charge in [0, 0.05) is 29.3 Å². The summed E-state index contributed by atoms with van der Waals surface area (Å²) in [6.07, 6.45) is 6.44. The number of halogens is 1. The molecule has 1 saturated heterocycles. The van der Waals surface area contributed by atoms with Crippen LogP contribution in [0.1, 0.15) is 18.4 Å². The fourth-order valence-corrected chi connectivity index (χ4v) is 2.29. The number of nitrogens with one attached hydrogen (secondary N) is 1. The van der Waals surface area contributed by atoms with Crippen molar-refractivity contribution in [1.82, 2.24) is 10.3 Å². The van der Waals surface area contributed by atoms with Crippen molar-refractivity contribution in [3.05, 3.63) is 28.5 Å². The van der Waals surface area contributed by atoms with Gasteiger partial charge in [0.15, 0.2) is 0 Å². The van der Waals surface area contributed by atoms with Crippen molar-refractivity contribution in [3.63, 3.8) is 0 Å². The molecule has 0 bridgehead atoms. The Morgan fingerprint density at radius 2 is 2.40 bits per heavy atom. The highest BCUT2D eigenvalue weighted by Gasteiger charge is 2.21. The Balaban J connectivity index is 2.04. The molecule has 3 nitrogen and oxygen atoms in total. The van der Waals surface area contributed by atoms with E-state index < -0.39 is 0 Å². The van der Waals surface area contributed by atoms with Gasteiger partial charge in [0.1, 0.15) is 0 Å². The first-order valence-electron chi connectivity index (χ1n) is 5.13. The minimum absolute atomic E-state index is 0.120. The summed E-state index contributed by atoms with van der Waals surface area (Å²) in [5.74, 6) is 0.302. The molecule has 0 saturated carbocycles. The number of hydrogen-bond acceptors (Lipinski definition) is 2. The molecule has 2 rings (SSSR count). The monoisotopic (exact) mass is 268 g/mol. The molecule has 1 unspecified atom stereocenters. The van der Waals surface area contributed by atoms with E-state index in [2.05, 4.69) is 26.2 Å². The summed E-state index contributed by atoms with van der Waals surface area (Å²) in [6, 6.07) is 2.02. The standard InChI is InChI=1S/C11H13BrN2O/c12-10-5-8(6-13-7-10)4-9-2-1-3-14-11(9)15/h5-7,9H,1-4H2,(H,14,15). The third-order valence-corrected chi connectivity index (χ3v) is 3.08. The van der Waals surface area contributed by atoms with Crippen molar-refractivity contribution in [2.75, 3.05) is 6.54 Å². The lowest BCUT2D eigenvalue weighted by Crippen LogP contribution is -2.37. The molecule has 1 amide bonds. The fourth-order valence-electron chi connectivity index (χ4n) is 1.88. The van der Waals surface area contributed by atoms with Crippen LogP contribution < -0.4 is 5.32 Å². The summed E-state index contributed by atoms with van der Waals surface area (Å²) in [6.45, 7) is 0.825. The maximum Gasteiger partial charge on any atom is 0.223 e. The van der Waals surface area contributed by atoms with E-state index in [0.29, 0.717) is 0 Å². The molecular formula is C11H13BrN2O. The zero-order valence-electron chi connectivity index (χ0n) is 8.37. The maximum atomic E-state index is 11.5. The van der Waals surface area contributed by atoms with Crippen molar-refractivity contribution in [2.45, 2.75) is 19.3 Å². The SMILES string of the molecule is O=C1NCCCC1Cc1cncc(Br)c1. The number of amides is 1. The van der Waals surface area contributed by atoms with E-state index in [0.717, 1.165) is 35.8 Å². The Morgan fingerprint density at radius 1 is 1.53 bits per heavy atom. The minimum atomic E-state index is 0.120. The lowest BCUT2D eigenvalue weighted by atomic mass is 9.92. The number of hydrogen-bond donors (Lipinski definition) is 1. The van der Waals surface area contributed by atoms with Crippen LogP contribution in [0.4, 0.5) is 0 Å². The predicted molar refractivity (Wildman–Crippen MR) is 61.4 cm³/mol. The van der Waals surface area contributed by atoms with E-state index in [4.69, 9.17) is 0 Å². The van der Waals surface area contributed by atoms with E-state index in [-0.39, 0.29) is 11.8 Å². The van der Waals surface area contributed by atoms with Gasteiger partial charge in [-0.25, -0.2) is 0 Å². The van der Waals surface area contributed by atoms with Gasteiger partial charge in [-0.2, -0.15) is 0 Å². The number of piperidine rings is 1. The summed E-state index contributed by atoms with van der Waals surface area (Å²) in [5.41, 5.74) is 1.12. The van der Waals surface area contributed by atoms with Crippen LogP contribution >= 0.6 is 15.9 Å². The lowest BCUT2D eigenvalue weighted by molar-refractivity contribution is -0.126. The van der Waals surface area contributed by atoms with Gasteiger partial charge in [-0.15, -0.1) is 0 Å². The third kappa shape index (κ3) is 2.78. The molecule has 2 heterocycles. The molecule has 0 aliphatic carbocycles. The molecule has 1 N–H and O–H groups in total. The van der Waals surface area contributed by atoms with Gasteiger partial charge in [-0.05, 0) is 46.8 Å². The first-order valence-corrected chi connectivity index (χ1v) is 5.92. The van der Waals surface area contributed by atoms with Crippen LogP contribution in [0.5, 0.6) is 0 Å². The number of aromatic nitrogens is 1. The third-order valence-electron chi connectivity index (χ3n) is 2.64. The van der Waals surface area contributed by atoms with Crippen LogP contribution in [-0.4, -0.2) is 17.4 Å². The van der Waals surface area contributed by atoms with Crippen molar-refractivity contribution in [3.8, 4) is 0 Å². The molecule has 1 aromatic heterocycles. The van der Waals surface area contributed by atoms with Crippen LogP contribution in [0.15, 0.2) is 22.9 Å². The second-order valence-corrected chi connectivity index (χ2v) is 4.76. The average molecular weight is 269 g/mol. The molecule has 1 aliphatic rings. The molecule has 0 radical (unpaired) electrons. The van der Waals surface area contributed by atoms with Crippen LogP contribution in [0.25, 0.3) is 0 Å².